The first-order valence-electron chi connectivity index (χ1n) is 8.49. The molecule has 0 saturated carbocycles. The van der Waals surface area contributed by atoms with Gasteiger partial charge >= 0.3 is 0 Å². The molecule has 0 aliphatic carbocycles. The molecule has 0 unspecified atom stereocenters. The van der Waals surface area contributed by atoms with E-state index < -0.39 is 0 Å². The summed E-state index contributed by atoms with van der Waals surface area (Å²) in [5.41, 5.74) is 0.615. The number of piperazine rings is 1. The van der Waals surface area contributed by atoms with Crippen LogP contribution in [0.15, 0.2) is 35.7 Å². The van der Waals surface area contributed by atoms with Gasteiger partial charge in [-0.3, -0.25) is 4.79 Å². The molecular formula is C18H23Cl2N3OS+2. The Kier molecular flexibility index (Phi) is 6.36. The number of halogens is 2. The first-order valence-corrected chi connectivity index (χ1v) is 10.1. The lowest BCUT2D eigenvalue weighted by atomic mass is 10.2. The van der Waals surface area contributed by atoms with Crippen molar-refractivity contribution in [3.05, 3.63) is 50.6 Å². The maximum atomic E-state index is 12.6. The second-order valence-electron chi connectivity index (χ2n) is 6.50. The number of thiophene rings is 1. The second kappa shape index (κ2) is 8.52. The minimum atomic E-state index is -0.102. The number of nitrogens with one attached hydrogen (secondary N) is 3. The van der Waals surface area contributed by atoms with E-state index in [4.69, 9.17) is 23.2 Å². The smallest absolute Gasteiger partial charge is 0.282 e. The monoisotopic (exact) mass is 399 g/mol. The van der Waals surface area contributed by atoms with Gasteiger partial charge in [0.2, 0.25) is 0 Å². The Hall–Kier alpha value is -1.11. The molecule has 1 aromatic carbocycles. The van der Waals surface area contributed by atoms with E-state index >= 15 is 0 Å². The minimum Gasteiger partial charge on any atom is -0.321 e. The van der Waals surface area contributed by atoms with Gasteiger partial charge in [-0.2, -0.15) is 0 Å². The molecule has 1 aromatic heterocycles. The first kappa shape index (κ1) is 18.7. The summed E-state index contributed by atoms with van der Waals surface area (Å²) in [6.07, 6.45) is 0. The fraction of sp³-hybridized carbons (Fsp3) is 0.389. The van der Waals surface area contributed by atoms with E-state index in [0.717, 1.165) is 32.7 Å². The molecule has 0 spiro atoms. The Bertz CT molecular complexity index is 715. The molecule has 134 valence electrons. The van der Waals surface area contributed by atoms with Crippen molar-refractivity contribution in [2.75, 3.05) is 31.5 Å². The van der Waals surface area contributed by atoms with Gasteiger partial charge in [0, 0.05) is 5.02 Å². The summed E-state index contributed by atoms with van der Waals surface area (Å²) in [6.45, 7) is 7.26. The fourth-order valence-electron chi connectivity index (χ4n) is 3.21. The van der Waals surface area contributed by atoms with Crippen LogP contribution in [0.5, 0.6) is 0 Å². The molecule has 2 aromatic rings. The Labute approximate surface area is 162 Å². The van der Waals surface area contributed by atoms with Crippen molar-refractivity contribution in [3.8, 4) is 0 Å². The third kappa shape index (κ3) is 4.96. The average molecular weight is 400 g/mol. The van der Waals surface area contributed by atoms with E-state index in [1.54, 1.807) is 23.1 Å². The third-order valence-electron chi connectivity index (χ3n) is 4.80. The van der Waals surface area contributed by atoms with Gasteiger partial charge in [-0.25, -0.2) is 0 Å². The standard InChI is InChI=1S/C18H21Cl2N3OS/c1-13(18(24)21-17-5-4-14(19)11-16(17)20)23-8-6-22(7-9-23)12-15-3-2-10-25-15/h2-5,10-11,13H,6-9,12H2,1H3,(H,21,24)/p+2/t13-/m0/s1. The molecule has 3 rings (SSSR count). The van der Waals surface area contributed by atoms with E-state index in [2.05, 4.69) is 22.8 Å². The van der Waals surface area contributed by atoms with Gasteiger partial charge in [0.05, 0.1) is 15.6 Å². The van der Waals surface area contributed by atoms with Crippen molar-refractivity contribution in [1.29, 1.82) is 0 Å². The van der Waals surface area contributed by atoms with Crippen LogP contribution in [0.3, 0.4) is 0 Å². The zero-order chi connectivity index (χ0) is 17.8. The molecule has 1 atom stereocenters. The number of benzene rings is 1. The first-order chi connectivity index (χ1) is 12.0. The maximum absolute atomic E-state index is 12.6. The highest BCUT2D eigenvalue weighted by Gasteiger charge is 2.31. The molecule has 1 fully saturated rings. The largest absolute Gasteiger partial charge is 0.321 e. The molecule has 0 bridgehead atoms. The Morgan fingerprint density at radius 2 is 2.00 bits per heavy atom. The second-order valence-corrected chi connectivity index (χ2v) is 8.38. The molecular weight excluding hydrogens is 377 g/mol. The summed E-state index contributed by atoms with van der Waals surface area (Å²) in [7, 11) is 0. The van der Waals surface area contributed by atoms with E-state index in [1.165, 1.54) is 9.78 Å². The van der Waals surface area contributed by atoms with E-state index in [-0.39, 0.29) is 11.9 Å². The molecule has 2 heterocycles. The molecule has 1 aliphatic heterocycles. The Morgan fingerprint density at radius 1 is 1.24 bits per heavy atom. The molecule has 3 N–H and O–H groups in total. The van der Waals surface area contributed by atoms with Gasteiger partial charge in [0.25, 0.3) is 5.91 Å². The SMILES string of the molecule is C[C@@H](C(=O)Nc1ccc(Cl)cc1Cl)[NH+]1CC[NH+](Cc2cccs2)CC1. The van der Waals surface area contributed by atoms with Crippen molar-refractivity contribution in [2.45, 2.75) is 19.5 Å². The van der Waals surface area contributed by atoms with Gasteiger partial charge in [-0.1, -0.05) is 29.3 Å². The predicted molar refractivity (Wildman–Crippen MR) is 104 cm³/mol. The van der Waals surface area contributed by atoms with Crippen LogP contribution in [0, 0.1) is 0 Å². The number of carbonyl (C=O) groups excluding carboxylic acids is 1. The van der Waals surface area contributed by atoms with Crippen LogP contribution in [-0.4, -0.2) is 38.1 Å². The van der Waals surface area contributed by atoms with E-state index in [0.29, 0.717) is 15.7 Å². The van der Waals surface area contributed by atoms with Crippen molar-refractivity contribution in [2.24, 2.45) is 0 Å². The van der Waals surface area contributed by atoms with Crippen molar-refractivity contribution in [1.82, 2.24) is 0 Å². The zero-order valence-electron chi connectivity index (χ0n) is 14.1. The predicted octanol–water partition coefficient (Wildman–Crippen LogP) is 1.37. The highest BCUT2D eigenvalue weighted by atomic mass is 35.5. The Balaban J connectivity index is 1.51. The molecule has 25 heavy (non-hydrogen) atoms. The Morgan fingerprint density at radius 3 is 2.64 bits per heavy atom. The molecule has 1 saturated heterocycles. The topological polar surface area (TPSA) is 38.0 Å². The number of hydrogen-bond donors (Lipinski definition) is 3. The number of amides is 1. The number of rotatable bonds is 5. The van der Waals surface area contributed by atoms with Crippen LogP contribution in [-0.2, 0) is 11.3 Å². The lowest BCUT2D eigenvalue weighted by Gasteiger charge is -2.32. The number of quaternary nitrogens is 2. The maximum Gasteiger partial charge on any atom is 0.282 e. The lowest BCUT2D eigenvalue weighted by molar-refractivity contribution is -1.02. The molecule has 7 heteroatoms. The van der Waals surface area contributed by atoms with Crippen LogP contribution >= 0.6 is 34.5 Å². The van der Waals surface area contributed by atoms with Crippen molar-refractivity contribution in [3.63, 3.8) is 0 Å². The summed E-state index contributed by atoms with van der Waals surface area (Å²) in [4.78, 5) is 16.9. The highest BCUT2D eigenvalue weighted by Crippen LogP contribution is 2.25. The third-order valence-corrected chi connectivity index (χ3v) is 6.22. The number of hydrogen-bond acceptors (Lipinski definition) is 2. The van der Waals surface area contributed by atoms with Crippen LogP contribution in [0.25, 0.3) is 0 Å². The normalized spacial score (nSPS) is 21.7. The fourth-order valence-corrected chi connectivity index (χ4v) is 4.44. The highest BCUT2D eigenvalue weighted by molar-refractivity contribution is 7.09. The minimum absolute atomic E-state index is 0.000860. The molecule has 1 amide bonds. The van der Waals surface area contributed by atoms with Crippen molar-refractivity contribution >= 4 is 46.1 Å². The number of carbonyl (C=O) groups is 1. The van der Waals surface area contributed by atoms with Crippen LogP contribution in [0.1, 0.15) is 11.8 Å². The summed E-state index contributed by atoms with van der Waals surface area (Å²) in [5.74, 6) is 0.000860. The molecule has 4 nitrogen and oxygen atoms in total. The quantitative estimate of drug-likeness (QED) is 0.697. The van der Waals surface area contributed by atoms with Crippen LogP contribution in [0.4, 0.5) is 5.69 Å². The zero-order valence-corrected chi connectivity index (χ0v) is 16.5. The van der Waals surface area contributed by atoms with Crippen LogP contribution in [0.2, 0.25) is 10.0 Å². The summed E-state index contributed by atoms with van der Waals surface area (Å²) >= 11 is 13.9. The van der Waals surface area contributed by atoms with Crippen LogP contribution < -0.4 is 15.1 Å². The average Bonchev–Trinajstić information content (AvgIpc) is 3.10. The van der Waals surface area contributed by atoms with Gasteiger partial charge in [-0.15, -0.1) is 11.3 Å². The summed E-state index contributed by atoms with van der Waals surface area (Å²) < 4.78 is 0. The molecule has 0 radical (unpaired) electrons. The van der Waals surface area contributed by atoms with E-state index in [9.17, 15) is 4.79 Å². The summed E-state index contributed by atoms with van der Waals surface area (Å²) in [5, 5.41) is 6.08. The van der Waals surface area contributed by atoms with Gasteiger partial charge in [0.15, 0.2) is 6.04 Å². The van der Waals surface area contributed by atoms with Gasteiger partial charge in [0.1, 0.15) is 32.7 Å². The lowest BCUT2D eigenvalue weighted by Crippen LogP contribution is -3.29. The number of anilines is 1. The summed E-state index contributed by atoms with van der Waals surface area (Å²) in [6, 6.07) is 9.32. The molecule has 1 aliphatic rings. The van der Waals surface area contributed by atoms with Gasteiger partial charge < -0.3 is 15.1 Å². The van der Waals surface area contributed by atoms with E-state index in [1.807, 2.05) is 18.3 Å². The van der Waals surface area contributed by atoms with Gasteiger partial charge in [-0.05, 0) is 36.6 Å². The van der Waals surface area contributed by atoms with Crippen molar-refractivity contribution < 1.29 is 14.6 Å².